The van der Waals surface area contributed by atoms with Gasteiger partial charge in [0.25, 0.3) is 0 Å². The molecule has 1 saturated heterocycles. The zero-order valence-corrected chi connectivity index (χ0v) is 13.1. The fraction of sp³-hybridized carbons (Fsp3) is 0.588. The first kappa shape index (κ1) is 15.8. The Balaban J connectivity index is 1.91. The quantitative estimate of drug-likeness (QED) is 0.842. The molecule has 4 nitrogen and oxygen atoms in total. The number of rotatable bonds is 5. The summed E-state index contributed by atoms with van der Waals surface area (Å²) < 4.78 is 10.9. The fourth-order valence-corrected chi connectivity index (χ4v) is 2.52. The number of hydrogen-bond acceptors (Lipinski definition) is 4. The summed E-state index contributed by atoms with van der Waals surface area (Å²) in [7, 11) is 0. The maximum Gasteiger partial charge on any atom is 0.338 e. The summed E-state index contributed by atoms with van der Waals surface area (Å²) in [4.78, 5) is 11.8. The summed E-state index contributed by atoms with van der Waals surface area (Å²) >= 11 is 0. The Bertz CT molecular complexity index is 456. The Morgan fingerprint density at radius 3 is 2.71 bits per heavy atom. The van der Waals surface area contributed by atoms with E-state index in [1.165, 1.54) is 0 Å². The van der Waals surface area contributed by atoms with Crippen LogP contribution in [0.25, 0.3) is 0 Å². The highest BCUT2D eigenvalue weighted by Crippen LogP contribution is 2.21. The smallest absolute Gasteiger partial charge is 0.338 e. The van der Waals surface area contributed by atoms with Crippen molar-refractivity contribution in [3.8, 4) is 0 Å². The van der Waals surface area contributed by atoms with Crippen LogP contribution in [-0.4, -0.2) is 30.8 Å². The van der Waals surface area contributed by atoms with Gasteiger partial charge in [-0.3, -0.25) is 0 Å². The van der Waals surface area contributed by atoms with Gasteiger partial charge in [-0.25, -0.2) is 4.79 Å². The van der Waals surface area contributed by atoms with Gasteiger partial charge in [-0.2, -0.15) is 0 Å². The molecule has 0 bridgehead atoms. The summed E-state index contributed by atoms with van der Waals surface area (Å²) in [6, 6.07) is 7.94. The molecule has 21 heavy (non-hydrogen) atoms. The standard InChI is InChI=1S/C17H25NO3/c1-4-16-11-15(9-10-20-16)18-14-7-5-13(6-8-14)17(19)21-12(2)3/h5-8,12,15-16,18H,4,9-11H2,1-3H3. The van der Waals surface area contributed by atoms with Gasteiger partial charge in [0, 0.05) is 18.3 Å². The van der Waals surface area contributed by atoms with Crippen molar-refractivity contribution in [3.63, 3.8) is 0 Å². The lowest BCUT2D eigenvalue weighted by molar-refractivity contribution is 0.00925. The summed E-state index contributed by atoms with van der Waals surface area (Å²) in [5.74, 6) is -0.270. The van der Waals surface area contributed by atoms with Crippen LogP contribution in [0.1, 0.15) is 50.4 Å². The van der Waals surface area contributed by atoms with E-state index in [0.717, 1.165) is 31.6 Å². The molecule has 1 aliphatic heterocycles. The number of ether oxygens (including phenoxy) is 2. The molecule has 1 fully saturated rings. The molecule has 0 spiro atoms. The zero-order valence-electron chi connectivity index (χ0n) is 13.1. The van der Waals surface area contributed by atoms with Crippen molar-refractivity contribution in [1.82, 2.24) is 0 Å². The third kappa shape index (κ3) is 4.74. The Labute approximate surface area is 126 Å². The highest BCUT2D eigenvalue weighted by atomic mass is 16.5. The van der Waals surface area contributed by atoms with Crippen molar-refractivity contribution in [2.24, 2.45) is 0 Å². The van der Waals surface area contributed by atoms with Gasteiger partial charge in [0.1, 0.15) is 0 Å². The third-order valence-corrected chi connectivity index (χ3v) is 3.66. The number of esters is 1. The van der Waals surface area contributed by atoms with Crippen LogP contribution in [0.2, 0.25) is 0 Å². The molecule has 1 N–H and O–H groups in total. The SMILES string of the molecule is CCC1CC(Nc2ccc(C(=O)OC(C)C)cc2)CCO1. The van der Waals surface area contributed by atoms with E-state index in [0.29, 0.717) is 17.7 Å². The van der Waals surface area contributed by atoms with E-state index in [-0.39, 0.29) is 12.1 Å². The molecular formula is C17H25NO3. The molecule has 0 amide bonds. The number of benzene rings is 1. The predicted octanol–water partition coefficient (Wildman–Crippen LogP) is 3.62. The Morgan fingerprint density at radius 2 is 2.10 bits per heavy atom. The highest BCUT2D eigenvalue weighted by molar-refractivity contribution is 5.89. The topological polar surface area (TPSA) is 47.6 Å². The van der Waals surface area contributed by atoms with Gasteiger partial charge in [-0.1, -0.05) is 6.92 Å². The molecule has 1 aliphatic rings. The molecule has 0 aliphatic carbocycles. The van der Waals surface area contributed by atoms with Crippen molar-refractivity contribution < 1.29 is 14.3 Å². The van der Waals surface area contributed by atoms with Crippen molar-refractivity contribution in [2.45, 2.75) is 58.3 Å². The molecule has 1 heterocycles. The van der Waals surface area contributed by atoms with E-state index < -0.39 is 0 Å². The summed E-state index contributed by atoms with van der Waals surface area (Å²) in [6.07, 6.45) is 3.37. The molecule has 2 rings (SSSR count). The molecule has 2 atom stereocenters. The summed E-state index contributed by atoms with van der Waals surface area (Å²) in [5, 5.41) is 3.52. The van der Waals surface area contributed by atoms with Gasteiger partial charge < -0.3 is 14.8 Å². The number of anilines is 1. The van der Waals surface area contributed by atoms with Crippen molar-refractivity contribution in [3.05, 3.63) is 29.8 Å². The Kier molecular flexibility index (Phi) is 5.62. The van der Waals surface area contributed by atoms with Crippen LogP contribution in [0.4, 0.5) is 5.69 Å². The maximum absolute atomic E-state index is 11.8. The number of nitrogens with one attached hydrogen (secondary N) is 1. The van der Waals surface area contributed by atoms with Crippen LogP contribution in [0.15, 0.2) is 24.3 Å². The van der Waals surface area contributed by atoms with Crippen molar-refractivity contribution in [1.29, 1.82) is 0 Å². The van der Waals surface area contributed by atoms with E-state index in [4.69, 9.17) is 9.47 Å². The van der Waals surface area contributed by atoms with Gasteiger partial charge in [0.05, 0.1) is 17.8 Å². The predicted molar refractivity (Wildman–Crippen MR) is 83.7 cm³/mol. The molecule has 4 heteroatoms. The number of hydrogen-bond donors (Lipinski definition) is 1. The average Bonchev–Trinajstić information content (AvgIpc) is 2.47. The van der Waals surface area contributed by atoms with E-state index in [1.807, 2.05) is 38.1 Å². The van der Waals surface area contributed by atoms with Gasteiger partial charge in [0.15, 0.2) is 0 Å². The van der Waals surface area contributed by atoms with Crippen molar-refractivity contribution >= 4 is 11.7 Å². The highest BCUT2D eigenvalue weighted by Gasteiger charge is 2.21. The van der Waals surface area contributed by atoms with E-state index in [9.17, 15) is 4.79 Å². The van der Waals surface area contributed by atoms with Crippen molar-refractivity contribution in [2.75, 3.05) is 11.9 Å². The molecule has 0 radical (unpaired) electrons. The van der Waals surface area contributed by atoms with E-state index in [1.54, 1.807) is 0 Å². The third-order valence-electron chi connectivity index (χ3n) is 3.66. The van der Waals surface area contributed by atoms with Gasteiger partial charge in [0.2, 0.25) is 0 Å². The summed E-state index contributed by atoms with van der Waals surface area (Å²) in [6.45, 7) is 6.67. The van der Waals surface area contributed by atoms with Gasteiger partial charge >= 0.3 is 5.97 Å². The second-order valence-electron chi connectivity index (χ2n) is 5.80. The van der Waals surface area contributed by atoms with Crippen LogP contribution in [-0.2, 0) is 9.47 Å². The van der Waals surface area contributed by atoms with Crippen LogP contribution in [0.3, 0.4) is 0 Å². The number of carbonyl (C=O) groups is 1. The Morgan fingerprint density at radius 1 is 1.38 bits per heavy atom. The largest absolute Gasteiger partial charge is 0.459 e. The second-order valence-corrected chi connectivity index (χ2v) is 5.80. The first-order chi connectivity index (χ1) is 10.1. The van der Waals surface area contributed by atoms with Crippen LogP contribution >= 0.6 is 0 Å². The lowest BCUT2D eigenvalue weighted by Crippen LogP contribution is -2.33. The Hall–Kier alpha value is -1.55. The molecule has 2 unspecified atom stereocenters. The molecule has 1 aromatic carbocycles. The van der Waals surface area contributed by atoms with Gasteiger partial charge in [-0.15, -0.1) is 0 Å². The normalized spacial score (nSPS) is 22.1. The monoisotopic (exact) mass is 291 g/mol. The number of carbonyl (C=O) groups excluding carboxylic acids is 1. The minimum Gasteiger partial charge on any atom is -0.459 e. The van der Waals surface area contributed by atoms with Crippen LogP contribution < -0.4 is 5.32 Å². The lowest BCUT2D eigenvalue weighted by Gasteiger charge is -2.30. The second kappa shape index (κ2) is 7.46. The molecule has 116 valence electrons. The molecule has 0 saturated carbocycles. The van der Waals surface area contributed by atoms with E-state index >= 15 is 0 Å². The molecular weight excluding hydrogens is 266 g/mol. The average molecular weight is 291 g/mol. The first-order valence-electron chi connectivity index (χ1n) is 7.77. The van der Waals surface area contributed by atoms with E-state index in [2.05, 4.69) is 12.2 Å². The fourth-order valence-electron chi connectivity index (χ4n) is 2.52. The molecule has 0 aromatic heterocycles. The van der Waals surface area contributed by atoms with Gasteiger partial charge in [-0.05, 0) is 57.4 Å². The minimum absolute atomic E-state index is 0.0940. The van der Waals surface area contributed by atoms with Crippen LogP contribution in [0, 0.1) is 0 Å². The first-order valence-corrected chi connectivity index (χ1v) is 7.77. The summed E-state index contributed by atoms with van der Waals surface area (Å²) in [5.41, 5.74) is 1.63. The zero-order chi connectivity index (χ0) is 15.2. The minimum atomic E-state index is -0.270. The van der Waals surface area contributed by atoms with Crippen LogP contribution in [0.5, 0.6) is 0 Å². The molecule has 1 aromatic rings. The lowest BCUT2D eigenvalue weighted by atomic mass is 10.0. The maximum atomic E-state index is 11.8.